The van der Waals surface area contributed by atoms with Gasteiger partial charge in [0.05, 0.1) is 39.2 Å². The molecule has 1 aliphatic heterocycles. The van der Waals surface area contributed by atoms with Crippen LogP contribution in [0.3, 0.4) is 0 Å². The Morgan fingerprint density at radius 1 is 0.881 bits per heavy atom. The summed E-state index contributed by atoms with van der Waals surface area (Å²) in [6.07, 6.45) is 2.65. The number of benzene rings is 3. The molecule has 0 fully saturated rings. The van der Waals surface area contributed by atoms with Crippen molar-refractivity contribution in [3.63, 3.8) is 0 Å². The van der Waals surface area contributed by atoms with E-state index in [4.69, 9.17) is 18.9 Å². The summed E-state index contributed by atoms with van der Waals surface area (Å²) in [4.78, 5) is 15.8. The summed E-state index contributed by atoms with van der Waals surface area (Å²) in [5.74, 6) is 2.64. The Bertz CT molecular complexity index is 1530. The zero-order valence-corrected chi connectivity index (χ0v) is 25.0. The van der Waals surface area contributed by atoms with Gasteiger partial charge in [0.2, 0.25) is 0 Å². The Morgan fingerprint density at radius 2 is 1.64 bits per heavy atom. The maximum absolute atomic E-state index is 13.9. The highest BCUT2D eigenvalue weighted by molar-refractivity contribution is 6.00. The number of methoxy groups -OCH3 is 2. The van der Waals surface area contributed by atoms with E-state index in [1.807, 2.05) is 48.2 Å². The van der Waals surface area contributed by atoms with E-state index in [9.17, 15) is 4.79 Å². The van der Waals surface area contributed by atoms with Crippen LogP contribution in [-0.4, -0.2) is 55.0 Å². The predicted molar refractivity (Wildman–Crippen MR) is 163 cm³/mol. The van der Waals surface area contributed by atoms with Crippen LogP contribution in [0.1, 0.15) is 65.5 Å². The minimum atomic E-state index is -0.355. The molecule has 0 bridgehead atoms. The largest absolute Gasteiger partial charge is 0.493 e. The predicted octanol–water partition coefficient (Wildman–Crippen LogP) is 6.77. The first-order valence-corrected chi connectivity index (χ1v) is 14.6. The van der Waals surface area contributed by atoms with E-state index in [2.05, 4.69) is 48.3 Å². The minimum Gasteiger partial charge on any atom is -0.493 e. The first kappa shape index (κ1) is 29.0. The highest BCUT2D eigenvalue weighted by atomic mass is 16.5. The fraction of sp³-hybridized carbons (Fsp3) is 0.353. The van der Waals surface area contributed by atoms with Gasteiger partial charge in [0.25, 0.3) is 5.91 Å². The van der Waals surface area contributed by atoms with E-state index in [-0.39, 0.29) is 11.9 Å². The third-order valence-corrected chi connectivity index (χ3v) is 7.62. The number of carbonyl (C=O) groups is 1. The van der Waals surface area contributed by atoms with Crippen molar-refractivity contribution in [3.8, 4) is 34.3 Å². The van der Waals surface area contributed by atoms with Crippen molar-refractivity contribution in [1.82, 2.24) is 15.1 Å². The Labute approximate surface area is 247 Å². The van der Waals surface area contributed by atoms with Gasteiger partial charge in [-0.2, -0.15) is 5.10 Å². The zero-order chi connectivity index (χ0) is 29.6. The summed E-state index contributed by atoms with van der Waals surface area (Å²) >= 11 is 0. The monoisotopic (exact) mass is 569 g/mol. The number of carbonyl (C=O) groups excluding carboxylic acids is 1. The van der Waals surface area contributed by atoms with Gasteiger partial charge in [-0.15, -0.1) is 0 Å². The molecule has 5 rings (SSSR count). The summed E-state index contributed by atoms with van der Waals surface area (Å²) < 4.78 is 23.0. The van der Waals surface area contributed by atoms with Gasteiger partial charge < -0.3 is 23.8 Å². The minimum absolute atomic E-state index is 0.0810. The van der Waals surface area contributed by atoms with Gasteiger partial charge in [-0.25, -0.2) is 0 Å². The summed E-state index contributed by atoms with van der Waals surface area (Å²) in [6.45, 7) is 7.77. The summed E-state index contributed by atoms with van der Waals surface area (Å²) in [6, 6.07) is 19.7. The molecule has 42 heavy (non-hydrogen) atoms. The van der Waals surface area contributed by atoms with Crippen LogP contribution >= 0.6 is 0 Å². The van der Waals surface area contributed by atoms with Crippen molar-refractivity contribution in [2.75, 3.05) is 34.0 Å². The smallest absolute Gasteiger partial charge is 0.273 e. The lowest BCUT2D eigenvalue weighted by atomic mass is 9.95. The van der Waals surface area contributed by atoms with Crippen molar-refractivity contribution >= 4 is 5.91 Å². The van der Waals surface area contributed by atoms with Gasteiger partial charge in [0.15, 0.2) is 23.0 Å². The number of ether oxygens (including phenoxy) is 4. The third kappa shape index (κ3) is 5.79. The summed E-state index contributed by atoms with van der Waals surface area (Å²) in [5.41, 5.74) is 6.27. The molecule has 220 valence electrons. The number of rotatable bonds is 13. The molecule has 2 heterocycles. The molecule has 1 amide bonds. The number of aryl methyl sites for hydroxylation is 1. The highest BCUT2D eigenvalue weighted by Gasteiger charge is 2.42. The van der Waals surface area contributed by atoms with E-state index in [1.165, 1.54) is 0 Å². The molecule has 4 aromatic rings. The van der Waals surface area contributed by atoms with Crippen LogP contribution < -0.4 is 18.9 Å². The van der Waals surface area contributed by atoms with E-state index in [0.29, 0.717) is 54.9 Å². The second-order valence-corrected chi connectivity index (χ2v) is 10.4. The number of H-pyrrole nitrogens is 1. The van der Waals surface area contributed by atoms with E-state index in [1.54, 1.807) is 14.2 Å². The number of aromatic nitrogens is 2. The third-order valence-electron chi connectivity index (χ3n) is 7.62. The topological polar surface area (TPSA) is 85.9 Å². The number of unbranched alkanes of at least 4 members (excludes halogenated alkanes) is 1. The van der Waals surface area contributed by atoms with Crippen LogP contribution in [0.15, 0.2) is 60.7 Å². The summed E-state index contributed by atoms with van der Waals surface area (Å²) in [7, 11) is 3.24. The Balaban J connectivity index is 1.54. The molecule has 1 N–H and O–H groups in total. The molecule has 1 aliphatic rings. The van der Waals surface area contributed by atoms with Crippen LogP contribution in [0, 0.1) is 6.92 Å². The normalized spacial score (nSPS) is 14.2. The van der Waals surface area contributed by atoms with Gasteiger partial charge >= 0.3 is 0 Å². The Morgan fingerprint density at radius 3 is 2.36 bits per heavy atom. The van der Waals surface area contributed by atoms with Gasteiger partial charge in [0.1, 0.15) is 5.69 Å². The maximum atomic E-state index is 13.9. The number of hydrogen-bond donors (Lipinski definition) is 1. The van der Waals surface area contributed by atoms with Gasteiger partial charge in [-0.05, 0) is 62.1 Å². The Hall–Kier alpha value is -4.46. The lowest BCUT2D eigenvalue weighted by molar-refractivity contribution is 0.0745. The average molecular weight is 570 g/mol. The quantitative estimate of drug-likeness (QED) is 0.179. The van der Waals surface area contributed by atoms with E-state index < -0.39 is 0 Å². The van der Waals surface area contributed by atoms with Crippen LogP contribution in [0.2, 0.25) is 0 Å². The molecule has 0 aliphatic carbocycles. The summed E-state index contributed by atoms with van der Waals surface area (Å²) in [5, 5.41) is 7.69. The van der Waals surface area contributed by atoms with Crippen LogP contribution in [0.5, 0.6) is 23.0 Å². The van der Waals surface area contributed by atoms with Crippen LogP contribution in [-0.2, 0) is 6.42 Å². The van der Waals surface area contributed by atoms with Crippen molar-refractivity contribution in [1.29, 1.82) is 0 Å². The lowest BCUT2D eigenvalue weighted by Crippen LogP contribution is -2.31. The molecule has 3 aromatic carbocycles. The van der Waals surface area contributed by atoms with Crippen molar-refractivity contribution in [2.24, 2.45) is 0 Å². The molecule has 8 nitrogen and oxygen atoms in total. The fourth-order valence-electron chi connectivity index (χ4n) is 5.40. The van der Waals surface area contributed by atoms with Crippen molar-refractivity contribution < 1.29 is 23.7 Å². The number of amides is 1. The van der Waals surface area contributed by atoms with E-state index in [0.717, 1.165) is 46.4 Å². The first-order valence-electron chi connectivity index (χ1n) is 14.6. The van der Waals surface area contributed by atoms with Gasteiger partial charge in [-0.3, -0.25) is 9.89 Å². The lowest BCUT2D eigenvalue weighted by Gasteiger charge is -2.27. The maximum Gasteiger partial charge on any atom is 0.273 e. The Kier molecular flexibility index (Phi) is 9.00. The number of nitrogens with one attached hydrogen (secondary N) is 1. The molecule has 0 saturated carbocycles. The molecule has 0 saturated heterocycles. The zero-order valence-electron chi connectivity index (χ0n) is 25.0. The number of hydrogen-bond acceptors (Lipinski definition) is 6. The second kappa shape index (κ2) is 13.0. The van der Waals surface area contributed by atoms with Crippen LogP contribution in [0.4, 0.5) is 0 Å². The van der Waals surface area contributed by atoms with Gasteiger partial charge in [0, 0.05) is 17.7 Å². The first-order chi connectivity index (χ1) is 20.5. The molecule has 8 heteroatoms. The number of fused-ring (bicyclic) bond motifs is 1. The van der Waals surface area contributed by atoms with Crippen LogP contribution in [0.25, 0.3) is 11.3 Å². The number of aromatic amines is 1. The average Bonchev–Trinajstić information content (AvgIpc) is 3.55. The number of nitrogens with zero attached hydrogens (tertiary/aromatic N) is 2. The SMILES string of the molecule is CCCCOc1ccc(C2c3c(-c4ccc(C)cc4)n[nH]c3C(=O)N2CCc2ccc(OC)c(OC)c2)cc1OCC. The molecular formula is C34H39N3O5. The molecule has 0 spiro atoms. The molecule has 0 radical (unpaired) electrons. The van der Waals surface area contributed by atoms with Crippen molar-refractivity contribution in [3.05, 3.63) is 88.6 Å². The molecule has 1 unspecified atom stereocenters. The molecular weight excluding hydrogens is 530 g/mol. The van der Waals surface area contributed by atoms with Crippen molar-refractivity contribution in [2.45, 2.75) is 46.1 Å². The highest BCUT2D eigenvalue weighted by Crippen LogP contribution is 2.45. The van der Waals surface area contributed by atoms with Gasteiger partial charge in [-0.1, -0.05) is 55.3 Å². The fourth-order valence-corrected chi connectivity index (χ4v) is 5.40. The van der Waals surface area contributed by atoms with E-state index >= 15 is 0 Å². The molecule has 1 aromatic heterocycles. The standard InChI is InChI=1S/C34H39N3O5/c1-6-8-19-42-27-16-14-25(21-29(27)41-7-2)33-30-31(24-12-9-22(3)10-13-24)35-36-32(30)34(38)37(33)18-17-23-11-15-26(39-4)28(20-23)40-5/h9-16,20-21,33H,6-8,17-19H2,1-5H3,(H,35,36). The molecule has 1 atom stereocenters. The second-order valence-electron chi connectivity index (χ2n) is 10.4.